The van der Waals surface area contributed by atoms with Gasteiger partial charge in [0.2, 0.25) is 17.7 Å². The third-order valence-electron chi connectivity index (χ3n) is 4.92. The molecule has 0 saturated carbocycles. The molecule has 3 aromatic rings. The lowest BCUT2D eigenvalue weighted by Gasteiger charge is -2.19. The zero-order valence-corrected chi connectivity index (χ0v) is 19.8. The van der Waals surface area contributed by atoms with Gasteiger partial charge in [-0.1, -0.05) is 44.2 Å². The Morgan fingerprint density at radius 2 is 1.68 bits per heavy atom. The molecule has 0 radical (unpaired) electrons. The van der Waals surface area contributed by atoms with E-state index in [9.17, 15) is 9.59 Å². The predicted octanol–water partition coefficient (Wildman–Crippen LogP) is 4.79. The Morgan fingerprint density at radius 3 is 2.35 bits per heavy atom. The van der Waals surface area contributed by atoms with Crippen LogP contribution in [0.5, 0.6) is 17.4 Å². The van der Waals surface area contributed by atoms with Crippen molar-refractivity contribution in [2.24, 2.45) is 5.92 Å². The normalized spacial score (nSPS) is 11.5. The number of carbonyl (C=O) groups is 2. The van der Waals surface area contributed by atoms with Crippen LogP contribution in [0.4, 0.5) is 0 Å². The van der Waals surface area contributed by atoms with E-state index < -0.39 is 6.04 Å². The molecule has 1 unspecified atom stereocenters. The Labute approximate surface area is 200 Å². The van der Waals surface area contributed by atoms with Crippen molar-refractivity contribution in [2.75, 3.05) is 6.61 Å². The SMILES string of the molecule is CCOc1ccc(Oc2cc(CNC(=O)C(NC(=O)CC(C)C)c3ccccc3)ccn2)cc1. The van der Waals surface area contributed by atoms with Crippen LogP contribution in [0.25, 0.3) is 0 Å². The van der Waals surface area contributed by atoms with Crippen LogP contribution in [0.3, 0.4) is 0 Å². The fourth-order valence-electron chi connectivity index (χ4n) is 3.34. The Balaban J connectivity index is 1.64. The van der Waals surface area contributed by atoms with E-state index >= 15 is 0 Å². The van der Waals surface area contributed by atoms with Crippen molar-refractivity contribution in [1.82, 2.24) is 15.6 Å². The van der Waals surface area contributed by atoms with Crippen molar-refractivity contribution in [2.45, 2.75) is 39.8 Å². The molecule has 178 valence electrons. The lowest BCUT2D eigenvalue weighted by Crippen LogP contribution is -2.40. The molecule has 0 fully saturated rings. The highest BCUT2D eigenvalue weighted by Crippen LogP contribution is 2.23. The maximum atomic E-state index is 13.0. The number of rotatable bonds is 11. The molecule has 0 spiro atoms. The zero-order chi connectivity index (χ0) is 24.3. The van der Waals surface area contributed by atoms with Crippen LogP contribution in [-0.2, 0) is 16.1 Å². The minimum Gasteiger partial charge on any atom is -0.494 e. The first kappa shape index (κ1) is 24.8. The van der Waals surface area contributed by atoms with E-state index in [4.69, 9.17) is 9.47 Å². The van der Waals surface area contributed by atoms with E-state index in [2.05, 4.69) is 15.6 Å². The van der Waals surface area contributed by atoms with E-state index in [1.54, 1.807) is 18.3 Å². The van der Waals surface area contributed by atoms with Crippen molar-refractivity contribution in [3.63, 3.8) is 0 Å². The number of ether oxygens (including phenoxy) is 2. The number of hydrogen-bond donors (Lipinski definition) is 2. The van der Waals surface area contributed by atoms with Gasteiger partial charge in [0.1, 0.15) is 17.5 Å². The lowest BCUT2D eigenvalue weighted by atomic mass is 10.0. The molecular formula is C27H31N3O4. The monoisotopic (exact) mass is 461 g/mol. The van der Waals surface area contributed by atoms with Gasteiger partial charge in [0, 0.05) is 25.2 Å². The molecule has 0 aliphatic carbocycles. The third kappa shape index (κ3) is 7.62. The van der Waals surface area contributed by atoms with Gasteiger partial charge < -0.3 is 20.1 Å². The van der Waals surface area contributed by atoms with Gasteiger partial charge in [-0.2, -0.15) is 0 Å². The average molecular weight is 462 g/mol. The minimum atomic E-state index is -0.770. The van der Waals surface area contributed by atoms with Crippen LogP contribution in [0, 0.1) is 5.92 Å². The zero-order valence-electron chi connectivity index (χ0n) is 19.8. The summed E-state index contributed by atoms with van der Waals surface area (Å²) in [4.78, 5) is 29.6. The molecule has 3 rings (SSSR count). The highest BCUT2D eigenvalue weighted by molar-refractivity contribution is 5.88. The van der Waals surface area contributed by atoms with Crippen LogP contribution in [-0.4, -0.2) is 23.4 Å². The van der Waals surface area contributed by atoms with E-state index in [1.165, 1.54) is 0 Å². The number of aromatic nitrogens is 1. The summed E-state index contributed by atoms with van der Waals surface area (Å²) in [5.41, 5.74) is 1.55. The minimum absolute atomic E-state index is 0.158. The summed E-state index contributed by atoms with van der Waals surface area (Å²) in [6, 6.07) is 19.3. The fraction of sp³-hybridized carbons (Fsp3) is 0.296. The van der Waals surface area contributed by atoms with Gasteiger partial charge in [0.15, 0.2) is 0 Å². The third-order valence-corrected chi connectivity index (χ3v) is 4.92. The molecule has 1 atom stereocenters. The van der Waals surface area contributed by atoms with E-state index in [0.29, 0.717) is 24.7 Å². The first-order chi connectivity index (χ1) is 16.4. The Hall–Kier alpha value is -3.87. The van der Waals surface area contributed by atoms with Crippen LogP contribution < -0.4 is 20.1 Å². The van der Waals surface area contributed by atoms with Gasteiger partial charge in [-0.15, -0.1) is 0 Å². The van der Waals surface area contributed by atoms with E-state index in [-0.39, 0.29) is 24.3 Å². The Bertz CT molecular complexity index is 1070. The second-order valence-corrected chi connectivity index (χ2v) is 8.24. The van der Waals surface area contributed by atoms with Crippen molar-refractivity contribution < 1.29 is 19.1 Å². The summed E-state index contributed by atoms with van der Waals surface area (Å²) in [7, 11) is 0. The molecule has 7 nitrogen and oxygen atoms in total. The number of carbonyl (C=O) groups excluding carboxylic acids is 2. The summed E-state index contributed by atoms with van der Waals surface area (Å²) in [5, 5.41) is 5.78. The van der Waals surface area contributed by atoms with E-state index in [1.807, 2.05) is 75.4 Å². The summed E-state index contributed by atoms with van der Waals surface area (Å²) >= 11 is 0. The molecular weight excluding hydrogens is 430 g/mol. The smallest absolute Gasteiger partial charge is 0.247 e. The average Bonchev–Trinajstić information content (AvgIpc) is 2.83. The molecule has 0 aliphatic rings. The Kier molecular flexibility index (Phi) is 9.03. The fourth-order valence-corrected chi connectivity index (χ4v) is 3.34. The molecule has 2 N–H and O–H groups in total. The molecule has 1 aromatic heterocycles. The number of pyridine rings is 1. The molecule has 0 saturated heterocycles. The first-order valence-corrected chi connectivity index (χ1v) is 11.4. The van der Waals surface area contributed by atoms with Gasteiger partial charge in [-0.25, -0.2) is 4.98 Å². The van der Waals surface area contributed by atoms with Crippen molar-refractivity contribution in [3.8, 4) is 17.4 Å². The number of amides is 2. The second-order valence-electron chi connectivity index (χ2n) is 8.24. The highest BCUT2D eigenvalue weighted by Gasteiger charge is 2.22. The number of benzene rings is 2. The van der Waals surface area contributed by atoms with Crippen LogP contribution in [0.2, 0.25) is 0 Å². The maximum absolute atomic E-state index is 13.0. The molecule has 7 heteroatoms. The van der Waals surface area contributed by atoms with Crippen LogP contribution in [0.15, 0.2) is 72.9 Å². The van der Waals surface area contributed by atoms with Crippen molar-refractivity contribution in [1.29, 1.82) is 0 Å². The quantitative estimate of drug-likeness (QED) is 0.428. The maximum Gasteiger partial charge on any atom is 0.247 e. The molecule has 0 bridgehead atoms. The van der Waals surface area contributed by atoms with Gasteiger partial charge in [-0.3, -0.25) is 9.59 Å². The summed E-state index contributed by atoms with van der Waals surface area (Å²) in [5.74, 6) is 1.58. The Morgan fingerprint density at radius 1 is 0.971 bits per heavy atom. The standard InChI is InChI=1S/C27H31N3O4/c1-4-33-22-10-12-23(13-11-22)34-25-17-20(14-15-28-25)18-29-27(32)26(21-8-6-5-7-9-21)30-24(31)16-19(2)3/h5-15,17,19,26H,4,16,18H2,1-3H3,(H,29,32)(H,30,31). The number of hydrogen-bond acceptors (Lipinski definition) is 5. The van der Waals surface area contributed by atoms with Gasteiger partial charge in [0.05, 0.1) is 6.61 Å². The van der Waals surface area contributed by atoms with Gasteiger partial charge in [-0.05, 0) is 54.3 Å². The summed E-state index contributed by atoms with van der Waals surface area (Å²) in [6.45, 7) is 6.73. The summed E-state index contributed by atoms with van der Waals surface area (Å²) in [6.07, 6.45) is 1.98. The molecule has 2 amide bonds. The van der Waals surface area contributed by atoms with Crippen LogP contribution in [0.1, 0.15) is 44.4 Å². The summed E-state index contributed by atoms with van der Waals surface area (Å²) < 4.78 is 11.3. The van der Waals surface area contributed by atoms with E-state index in [0.717, 1.165) is 16.9 Å². The van der Waals surface area contributed by atoms with Gasteiger partial charge >= 0.3 is 0 Å². The molecule has 0 aliphatic heterocycles. The first-order valence-electron chi connectivity index (χ1n) is 11.4. The number of nitrogens with zero attached hydrogens (tertiary/aromatic N) is 1. The van der Waals surface area contributed by atoms with Crippen molar-refractivity contribution in [3.05, 3.63) is 84.1 Å². The molecule has 2 aromatic carbocycles. The van der Waals surface area contributed by atoms with Gasteiger partial charge in [0.25, 0.3) is 0 Å². The highest BCUT2D eigenvalue weighted by atomic mass is 16.5. The van der Waals surface area contributed by atoms with Crippen molar-refractivity contribution >= 4 is 11.8 Å². The second kappa shape index (κ2) is 12.4. The largest absolute Gasteiger partial charge is 0.494 e. The topological polar surface area (TPSA) is 89.5 Å². The molecule has 1 heterocycles. The van der Waals surface area contributed by atoms with Crippen LogP contribution >= 0.6 is 0 Å². The predicted molar refractivity (Wildman–Crippen MR) is 131 cm³/mol. The lowest BCUT2D eigenvalue weighted by molar-refractivity contribution is -0.129. The number of nitrogens with one attached hydrogen (secondary N) is 2. The molecule has 34 heavy (non-hydrogen) atoms.